The maximum absolute atomic E-state index is 13.8. The number of aliphatic hydroxyl groups is 1. The Hall–Kier alpha value is -5.04. The molecular formula is C42H45Cl2N3O10S. The first-order valence-electron chi connectivity index (χ1n) is 18.2. The molecule has 1 heterocycles. The first kappa shape index (κ1) is 45.7. The van der Waals surface area contributed by atoms with Gasteiger partial charge >= 0.3 is 17.9 Å². The van der Waals surface area contributed by atoms with Crippen LogP contribution >= 0.6 is 23.2 Å². The van der Waals surface area contributed by atoms with E-state index in [2.05, 4.69) is 17.0 Å². The number of nitriles is 1. The number of halogens is 2. The van der Waals surface area contributed by atoms with E-state index in [1.807, 2.05) is 67.7 Å². The lowest BCUT2D eigenvalue weighted by molar-refractivity contribution is -0.170. The zero-order valence-electron chi connectivity index (χ0n) is 32.2. The minimum absolute atomic E-state index is 0.0209. The van der Waals surface area contributed by atoms with E-state index in [1.165, 1.54) is 0 Å². The number of hydrogen-bond donors (Lipinski definition) is 4. The summed E-state index contributed by atoms with van der Waals surface area (Å²) in [6.07, 6.45) is 2.22. The van der Waals surface area contributed by atoms with Crippen molar-refractivity contribution in [3.05, 3.63) is 105 Å². The molecule has 5 rings (SSSR count). The van der Waals surface area contributed by atoms with Crippen LogP contribution in [0, 0.1) is 11.3 Å². The second-order valence-electron chi connectivity index (χ2n) is 14.2. The maximum Gasteiger partial charge on any atom is 0.336 e. The molecule has 0 spiro atoms. The highest BCUT2D eigenvalue weighted by Gasteiger charge is 2.40. The number of ether oxygens (including phenoxy) is 1. The van der Waals surface area contributed by atoms with Crippen LogP contribution in [0.4, 0.5) is 0 Å². The number of amides is 1. The maximum atomic E-state index is 13.8. The Balaban J connectivity index is 0.000000492. The highest BCUT2D eigenvalue weighted by molar-refractivity contribution is 7.84. The molecule has 0 aromatic heterocycles. The van der Waals surface area contributed by atoms with E-state index in [4.69, 9.17) is 48.4 Å². The fourth-order valence-corrected chi connectivity index (χ4v) is 8.20. The summed E-state index contributed by atoms with van der Waals surface area (Å²) < 4.78 is 17.9. The molecule has 58 heavy (non-hydrogen) atoms. The Morgan fingerprint density at radius 2 is 1.62 bits per heavy atom. The first-order valence-corrected chi connectivity index (χ1v) is 20.5. The number of nitrogens with zero attached hydrogens (tertiary/aromatic N) is 3. The molecule has 0 saturated carbocycles. The number of likely N-dealkylation sites (tertiary alicyclic amines) is 1. The largest absolute Gasteiger partial charge is 0.497 e. The second kappa shape index (κ2) is 20.6. The predicted molar refractivity (Wildman–Crippen MR) is 220 cm³/mol. The van der Waals surface area contributed by atoms with Crippen LogP contribution in [0.1, 0.15) is 71.0 Å². The molecule has 0 aliphatic carbocycles. The summed E-state index contributed by atoms with van der Waals surface area (Å²) in [7, 11) is 2.35. The quantitative estimate of drug-likeness (QED) is 0.0994. The van der Waals surface area contributed by atoms with E-state index in [-0.39, 0.29) is 11.8 Å². The van der Waals surface area contributed by atoms with E-state index in [1.54, 1.807) is 24.3 Å². The van der Waals surface area contributed by atoms with Gasteiger partial charge in [-0.25, -0.2) is 4.79 Å². The topological polar surface area (TPSA) is 206 Å². The summed E-state index contributed by atoms with van der Waals surface area (Å²) in [5.41, 5.74) is 0.424. The Bertz CT molecular complexity index is 2210. The van der Waals surface area contributed by atoms with Gasteiger partial charge in [0.15, 0.2) is 5.60 Å². The molecule has 4 aromatic rings. The Labute approximate surface area is 348 Å². The molecule has 16 heteroatoms. The van der Waals surface area contributed by atoms with Gasteiger partial charge in [0.05, 0.1) is 52.4 Å². The Morgan fingerprint density at radius 1 is 0.966 bits per heavy atom. The zero-order chi connectivity index (χ0) is 42.7. The smallest absolute Gasteiger partial charge is 0.336 e. The number of rotatable bonds is 15. The van der Waals surface area contributed by atoms with Crippen molar-refractivity contribution in [2.24, 2.45) is 0 Å². The third-order valence-electron chi connectivity index (χ3n) is 10.1. The van der Waals surface area contributed by atoms with Crippen LogP contribution in [0.5, 0.6) is 5.75 Å². The summed E-state index contributed by atoms with van der Waals surface area (Å²) in [6.45, 7) is 3.21. The van der Waals surface area contributed by atoms with Crippen LogP contribution in [0.2, 0.25) is 10.0 Å². The molecule has 308 valence electrons. The van der Waals surface area contributed by atoms with Gasteiger partial charge in [0, 0.05) is 36.2 Å². The highest BCUT2D eigenvalue weighted by atomic mass is 35.5. The third-order valence-corrected chi connectivity index (χ3v) is 11.8. The van der Waals surface area contributed by atoms with Crippen molar-refractivity contribution in [3.8, 4) is 11.8 Å². The number of carbonyl (C=O) groups is 4. The average Bonchev–Trinajstić information content (AvgIpc) is 3.19. The van der Waals surface area contributed by atoms with E-state index >= 15 is 0 Å². The Morgan fingerprint density at radius 3 is 2.19 bits per heavy atom. The molecule has 4 aromatic carbocycles. The molecule has 4 N–H and O–H groups in total. The van der Waals surface area contributed by atoms with E-state index < -0.39 is 47.2 Å². The fourth-order valence-electron chi connectivity index (χ4n) is 7.05. The van der Waals surface area contributed by atoms with Gasteiger partial charge in [-0.2, -0.15) is 5.26 Å². The highest BCUT2D eigenvalue weighted by Crippen LogP contribution is 2.35. The number of likely N-dealkylation sites (N-methyl/N-ethyl adjacent to an activating group) is 1. The van der Waals surface area contributed by atoms with Crippen LogP contribution in [0.15, 0.2) is 77.7 Å². The van der Waals surface area contributed by atoms with Crippen LogP contribution in [0.3, 0.4) is 0 Å². The molecule has 1 amide bonds. The van der Waals surface area contributed by atoms with Gasteiger partial charge in [-0.1, -0.05) is 59.6 Å². The van der Waals surface area contributed by atoms with E-state index in [0.717, 1.165) is 71.4 Å². The van der Waals surface area contributed by atoms with Gasteiger partial charge < -0.3 is 35.0 Å². The van der Waals surface area contributed by atoms with Crippen molar-refractivity contribution in [3.63, 3.8) is 0 Å². The minimum Gasteiger partial charge on any atom is -0.497 e. The fraction of sp³-hybridized carbons (Fsp3) is 0.357. The van der Waals surface area contributed by atoms with Gasteiger partial charge in [-0.05, 0) is 103 Å². The number of methoxy groups -OCH3 is 1. The number of aliphatic carboxylic acids is 3. The Kier molecular flexibility index (Phi) is 16.2. The molecule has 1 saturated heterocycles. The molecule has 1 aliphatic heterocycles. The summed E-state index contributed by atoms with van der Waals surface area (Å²) in [6, 6.07) is 25.0. The molecule has 2 atom stereocenters. The third kappa shape index (κ3) is 12.0. The summed E-state index contributed by atoms with van der Waals surface area (Å²) >= 11 is 12.7. The number of carbonyl (C=O) groups excluding carboxylic acids is 1. The number of benzene rings is 4. The number of fused-ring (bicyclic) bond motifs is 1. The lowest BCUT2D eigenvalue weighted by atomic mass is 9.88. The second-order valence-corrected chi connectivity index (χ2v) is 16.3. The predicted octanol–water partition coefficient (Wildman–Crippen LogP) is 6.64. The van der Waals surface area contributed by atoms with E-state index in [0.29, 0.717) is 33.6 Å². The normalized spacial score (nSPS) is 14.4. The van der Waals surface area contributed by atoms with Crippen molar-refractivity contribution >= 4 is 68.6 Å². The lowest BCUT2D eigenvalue weighted by Crippen LogP contribution is -2.42. The number of piperidine rings is 1. The van der Waals surface area contributed by atoms with Crippen molar-refractivity contribution < 1.29 is 48.6 Å². The van der Waals surface area contributed by atoms with Crippen molar-refractivity contribution in [1.82, 2.24) is 9.80 Å². The van der Waals surface area contributed by atoms with Crippen LogP contribution in [0.25, 0.3) is 10.8 Å². The van der Waals surface area contributed by atoms with E-state index in [9.17, 15) is 28.6 Å². The van der Waals surface area contributed by atoms with Crippen LogP contribution in [-0.4, -0.2) is 110 Å². The molecule has 0 radical (unpaired) electrons. The standard InChI is InChI=1S/C36H37Cl2N3O3S.C6H8O7/c1-40(36(42)32-19-24(22-39)18-27-6-4-5-7-30(27)32)23-28(26-8-11-33(37)34(38)20-26)14-17-41-15-12-25(13-16-41)31-10-9-29(44-2)21-35(31)45(3)43;7-3(8)1-6(13,5(11)12)2-4(9)10/h4-11,18-21,25,28H,12-17,23H2,1-3H3;13H,1-2H2,(H,7,8)(H,9,10)(H,11,12)/t28?,45-;/m0./s1. The first-order chi connectivity index (χ1) is 27.5. The lowest BCUT2D eigenvalue weighted by Gasteiger charge is -2.34. The van der Waals surface area contributed by atoms with Crippen molar-refractivity contribution in [2.45, 2.75) is 54.4 Å². The molecule has 1 fully saturated rings. The molecular weight excluding hydrogens is 809 g/mol. The summed E-state index contributed by atoms with van der Waals surface area (Å²) in [5.74, 6) is -4.05. The summed E-state index contributed by atoms with van der Waals surface area (Å²) in [5, 5.41) is 46.1. The minimum atomic E-state index is -2.74. The number of carboxylic acid groups (broad SMARTS) is 3. The number of carboxylic acids is 3. The monoisotopic (exact) mass is 853 g/mol. The van der Waals surface area contributed by atoms with Crippen molar-refractivity contribution in [1.29, 1.82) is 5.26 Å². The zero-order valence-corrected chi connectivity index (χ0v) is 34.5. The molecule has 0 bridgehead atoms. The van der Waals surface area contributed by atoms with Gasteiger partial charge in [0.1, 0.15) is 5.75 Å². The van der Waals surface area contributed by atoms with Crippen molar-refractivity contribution in [2.75, 3.05) is 46.6 Å². The molecule has 1 aliphatic rings. The average molecular weight is 855 g/mol. The van der Waals surface area contributed by atoms with Gasteiger partial charge in [0.2, 0.25) is 0 Å². The number of hydrogen-bond acceptors (Lipinski definition) is 9. The van der Waals surface area contributed by atoms with Crippen LogP contribution < -0.4 is 4.74 Å². The van der Waals surface area contributed by atoms with Gasteiger partial charge in [-0.3, -0.25) is 18.6 Å². The van der Waals surface area contributed by atoms with Gasteiger partial charge in [-0.15, -0.1) is 0 Å². The molecule has 13 nitrogen and oxygen atoms in total. The summed E-state index contributed by atoms with van der Waals surface area (Å²) in [4.78, 5) is 49.4. The van der Waals surface area contributed by atoms with Crippen LogP contribution in [-0.2, 0) is 25.2 Å². The van der Waals surface area contributed by atoms with Gasteiger partial charge in [0.25, 0.3) is 5.91 Å². The molecule has 1 unspecified atom stereocenters. The SMILES string of the molecule is COc1ccc(C2CCN(CCC(CN(C)C(=O)c3cc(C#N)cc4ccccc34)c3ccc(Cl)c(Cl)c3)CC2)c([S@](C)=O)c1.O=C(O)CC(O)(CC(=O)O)C(=O)O.